The number of unbranched alkanes of at least 4 members (excludes halogenated alkanes) is 1. The number of hydrogen-bond donors (Lipinski definition) is 1. The van der Waals surface area contributed by atoms with E-state index in [0.29, 0.717) is 0 Å². The number of rotatable bonds is 5. The van der Waals surface area contributed by atoms with E-state index >= 15 is 0 Å². The number of nitrogens with one attached hydrogen (secondary N) is 1. The predicted molar refractivity (Wildman–Crippen MR) is 47.0 cm³/mol. The molecule has 1 atom stereocenters. The lowest BCUT2D eigenvalue weighted by atomic mass is 10.4. The molecular weight excluding hydrogens is 145 g/mol. The van der Waals surface area contributed by atoms with Crippen LogP contribution in [0.2, 0.25) is 0 Å². The van der Waals surface area contributed by atoms with E-state index in [9.17, 15) is 4.57 Å². The molecule has 1 unspecified atom stereocenters. The van der Waals surface area contributed by atoms with Crippen LogP contribution in [0.15, 0.2) is 0 Å². The van der Waals surface area contributed by atoms with Gasteiger partial charge in [0.2, 0.25) is 0 Å². The van der Waals surface area contributed by atoms with Crippen molar-refractivity contribution >= 4 is 7.29 Å². The molecule has 0 heterocycles. The summed E-state index contributed by atoms with van der Waals surface area (Å²) in [4.78, 5) is 0. The average molecular weight is 163 g/mol. The highest BCUT2D eigenvalue weighted by Gasteiger charge is 2.10. The first-order valence-electron chi connectivity index (χ1n) is 3.94. The second-order valence-electron chi connectivity index (χ2n) is 2.69. The number of hydrogen-bond acceptors (Lipinski definition) is 1. The Bertz CT molecular complexity index is 125. The van der Waals surface area contributed by atoms with Crippen molar-refractivity contribution in [2.24, 2.45) is 0 Å². The highest BCUT2D eigenvalue weighted by atomic mass is 31.2. The molecule has 0 aromatic rings. The summed E-state index contributed by atoms with van der Waals surface area (Å²) < 4.78 is 11.5. The smallest absolute Gasteiger partial charge is 0.144 e. The molecule has 62 valence electrons. The summed E-state index contributed by atoms with van der Waals surface area (Å²) in [5, 5.41) is 3.01. The standard InChI is InChI=1S/C7H18NOP/c1-4-6-7-10(3,9)8-5-2/h4-7H2,1-3H3,(H,8,9). The molecule has 0 amide bonds. The Morgan fingerprint density at radius 3 is 2.40 bits per heavy atom. The lowest BCUT2D eigenvalue weighted by molar-refractivity contribution is 0.567. The van der Waals surface area contributed by atoms with Gasteiger partial charge in [-0.25, -0.2) is 0 Å². The van der Waals surface area contributed by atoms with Gasteiger partial charge in [0.05, 0.1) is 0 Å². The van der Waals surface area contributed by atoms with Crippen LogP contribution in [0.25, 0.3) is 0 Å². The summed E-state index contributed by atoms with van der Waals surface area (Å²) in [6.45, 7) is 6.75. The fourth-order valence-electron chi connectivity index (χ4n) is 0.873. The summed E-state index contributed by atoms with van der Waals surface area (Å²) in [6, 6.07) is 0. The van der Waals surface area contributed by atoms with Crippen molar-refractivity contribution in [1.82, 2.24) is 5.09 Å². The first kappa shape index (κ1) is 10.2. The van der Waals surface area contributed by atoms with Gasteiger partial charge in [-0.15, -0.1) is 0 Å². The van der Waals surface area contributed by atoms with Crippen molar-refractivity contribution in [1.29, 1.82) is 0 Å². The lowest BCUT2D eigenvalue weighted by Crippen LogP contribution is -2.10. The first-order chi connectivity index (χ1) is 4.62. The van der Waals surface area contributed by atoms with Crippen LogP contribution in [-0.4, -0.2) is 19.4 Å². The van der Waals surface area contributed by atoms with Crippen LogP contribution >= 0.6 is 7.29 Å². The zero-order valence-electron chi connectivity index (χ0n) is 7.18. The fraction of sp³-hybridized carbons (Fsp3) is 1.00. The van der Waals surface area contributed by atoms with Crippen LogP contribution < -0.4 is 5.09 Å². The van der Waals surface area contributed by atoms with Gasteiger partial charge in [0.1, 0.15) is 7.29 Å². The second-order valence-corrected chi connectivity index (χ2v) is 5.65. The Morgan fingerprint density at radius 1 is 1.40 bits per heavy atom. The maximum absolute atomic E-state index is 11.5. The van der Waals surface area contributed by atoms with E-state index in [1.54, 1.807) is 0 Å². The minimum Gasteiger partial charge on any atom is -0.307 e. The monoisotopic (exact) mass is 163 g/mol. The summed E-state index contributed by atoms with van der Waals surface area (Å²) in [7, 11) is -1.96. The molecule has 0 aliphatic carbocycles. The van der Waals surface area contributed by atoms with Gasteiger partial charge in [-0.05, 0) is 13.0 Å². The molecule has 0 saturated carbocycles. The van der Waals surface area contributed by atoms with Crippen LogP contribution in [0.5, 0.6) is 0 Å². The molecule has 0 radical (unpaired) electrons. The molecule has 0 saturated heterocycles. The zero-order chi connectivity index (χ0) is 8.04. The Labute approximate surface area is 63.8 Å². The molecule has 0 spiro atoms. The van der Waals surface area contributed by atoms with Gasteiger partial charge in [0, 0.05) is 12.8 Å². The van der Waals surface area contributed by atoms with Crippen molar-refractivity contribution in [2.45, 2.75) is 26.7 Å². The van der Waals surface area contributed by atoms with Crippen molar-refractivity contribution in [3.63, 3.8) is 0 Å². The summed E-state index contributed by atoms with van der Waals surface area (Å²) >= 11 is 0. The third-order valence-electron chi connectivity index (χ3n) is 1.43. The highest BCUT2D eigenvalue weighted by Crippen LogP contribution is 2.36. The van der Waals surface area contributed by atoms with Gasteiger partial charge in [0.15, 0.2) is 0 Å². The van der Waals surface area contributed by atoms with E-state index in [1.165, 1.54) is 0 Å². The lowest BCUT2D eigenvalue weighted by Gasteiger charge is -2.11. The van der Waals surface area contributed by atoms with Crippen molar-refractivity contribution in [3.8, 4) is 0 Å². The van der Waals surface area contributed by atoms with E-state index in [1.807, 2.05) is 13.6 Å². The molecule has 0 rings (SSSR count). The van der Waals surface area contributed by atoms with Gasteiger partial charge in [-0.2, -0.15) is 0 Å². The quantitative estimate of drug-likeness (QED) is 0.630. The Morgan fingerprint density at radius 2 is 2.00 bits per heavy atom. The van der Waals surface area contributed by atoms with E-state index in [2.05, 4.69) is 12.0 Å². The third-order valence-corrected chi connectivity index (χ3v) is 3.59. The van der Waals surface area contributed by atoms with Crippen LogP contribution in [0, 0.1) is 0 Å². The second kappa shape index (κ2) is 4.92. The zero-order valence-corrected chi connectivity index (χ0v) is 8.08. The molecule has 0 bridgehead atoms. The maximum atomic E-state index is 11.5. The largest absolute Gasteiger partial charge is 0.307 e. The van der Waals surface area contributed by atoms with Crippen molar-refractivity contribution in [2.75, 3.05) is 19.4 Å². The molecular formula is C7H18NOP. The van der Waals surface area contributed by atoms with E-state index < -0.39 is 7.29 Å². The van der Waals surface area contributed by atoms with Crippen LogP contribution in [-0.2, 0) is 4.57 Å². The average Bonchev–Trinajstić information content (AvgIpc) is 1.84. The molecule has 0 aliphatic heterocycles. The Balaban J connectivity index is 3.53. The van der Waals surface area contributed by atoms with Gasteiger partial charge < -0.3 is 4.57 Å². The minimum atomic E-state index is -1.96. The van der Waals surface area contributed by atoms with E-state index in [4.69, 9.17) is 0 Å². The van der Waals surface area contributed by atoms with Crippen LogP contribution in [0.1, 0.15) is 26.7 Å². The minimum absolute atomic E-state index is 0.817. The SMILES string of the molecule is CCCCP(C)(=O)NCC. The Kier molecular flexibility index (Phi) is 5.02. The molecule has 0 fully saturated rings. The maximum Gasteiger partial charge on any atom is 0.144 e. The summed E-state index contributed by atoms with van der Waals surface area (Å²) in [5.41, 5.74) is 0. The topological polar surface area (TPSA) is 29.1 Å². The predicted octanol–water partition coefficient (Wildman–Crippen LogP) is 2.30. The van der Waals surface area contributed by atoms with Gasteiger partial charge in [0.25, 0.3) is 0 Å². The molecule has 1 N–H and O–H groups in total. The fourth-order valence-corrected chi connectivity index (χ4v) is 2.62. The normalized spacial score (nSPS) is 16.7. The van der Waals surface area contributed by atoms with Crippen molar-refractivity contribution < 1.29 is 4.57 Å². The molecule has 3 heteroatoms. The molecule has 0 aliphatic rings. The van der Waals surface area contributed by atoms with Crippen LogP contribution in [0.3, 0.4) is 0 Å². The third kappa shape index (κ3) is 5.01. The van der Waals surface area contributed by atoms with Gasteiger partial charge in [-0.3, -0.25) is 5.09 Å². The Hall–Kier alpha value is 0.190. The van der Waals surface area contributed by atoms with Crippen LogP contribution in [0.4, 0.5) is 0 Å². The molecule has 0 aromatic heterocycles. The van der Waals surface area contributed by atoms with Gasteiger partial charge >= 0.3 is 0 Å². The summed E-state index contributed by atoms with van der Waals surface area (Å²) in [6.07, 6.45) is 3.04. The first-order valence-corrected chi connectivity index (χ1v) is 6.28. The van der Waals surface area contributed by atoms with Gasteiger partial charge in [-0.1, -0.05) is 20.3 Å². The highest BCUT2D eigenvalue weighted by molar-refractivity contribution is 7.61. The molecule has 2 nitrogen and oxygen atoms in total. The van der Waals surface area contributed by atoms with E-state index in [-0.39, 0.29) is 0 Å². The van der Waals surface area contributed by atoms with E-state index in [0.717, 1.165) is 25.5 Å². The summed E-state index contributed by atoms with van der Waals surface area (Å²) in [5.74, 6) is 0. The molecule has 10 heavy (non-hydrogen) atoms. The molecule has 0 aromatic carbocycles. The van der Waals surface area contributed by atoms with Crippen molar-refractivity contribution in [3.05, 3.63) is 0 Å².